The fourth-order valence-electron chi connectivity index (χ4n) is 1.59. The van der Waals surface area contributed by atoms with Crippen molar-refractivity contribution in [1.82, 2.24) is 10.6 Å². The van der Waals surface area contributed by atoms with E-state index in [0.717, 1.165) is 19.6 Å². The maximum absolute atomic E-state index is 11.5. The van der Waals surface area contributed by atoms with E-state index in [1.54, 1.807) is 7.11 Å². The topological polar surface area (TPSA) is 59.6 Å². The summed E-state index contributed by atoms with van der Waals surface area (Å²) in [4.78, 5) is 11.5. The summed E-state index contributed by atoms with van der Waals surface area (Å²) in [6.45, 7) is 12.0. The van der Waals surface area contributed by atoms with Crippen LogP contribution in [0.4, 0.5) is 4.79 Å². The van der Waals surface area contributed by atoms with Gasteiger partial charge in [0, 0.05) is 32.8 Å². The van der Waals surface area contributed by atoms with Crippen molar-refractivity contribution < 1.29 is 14.3 Å². The molecule has 0 bridgehead atoms. The predicted octanol–water partition coefficient (Wildman–Crippen LogP) is 2.16. The molecule has 19 heavy (non-hydrogen) atoms. The summed E-state index contributed by atoms with van der Waals surface area (Å²) in [6, 6.07) is 0.256. The molecule has 0 aromatic heterocycles. The second-order valence-corrected chi connectivity index (χ2v) is 5.96. The van der Waals surface area contributed by atoms with Crippen LogP contribution in [0.5, 0.6) is 0 Å². The normalized spacial score (nSPS) is 14.8. The van der Waals surface area contributed by atoms with E-state index in [1.165, 1.54) is 0 Å². The van der Waals surface area contributed by atoms with Crippen LogP contribution in [-0.2, 0) is 9.47 Å². The lowest BCUT2D eigenvalue weighted by molar-refractivity contribution is 0.0521. The number of alkyl carbamates (subject to hydrolysis) is 1. The second kappa shape index (κ2) is 9.15. The summed E-state index contributed by atoms with van der Waals surface area (Å²) in [5.41, 5.74) is -0.452. The number of nitrogens with one attached hydrogen (secondary N) is 2. The lowest BCUT2D eigenvalue weighted by Crippen LogP contribution is -2.43. The zero-order valence-corrected chi connectivity index (χ0v) is 13.2. The maximum atomic E-state index is 11.5. The average Bonchev–Trinajstić information content (AvgIpc) is 2.27. The first-order chi connectivity index (χ1) is 8.78. The number of amides is 1. The Morgan fingerprint density at radius 2 is 1.89 bits per heavy atom. The Labute approximate surface area is 117 Å². The predicted molar refractivity (Wildman–Crippen MR) is 77.4 cm³/mol. The fraction of sp³-hybridized carbons (Fsp3) is 0.929. The summed E-state index contributed by atoms with van der Waals surface area (Å²) in [5, 5.41) is 6.21. The van der Waals surface area contributed by atoms with Crippen LogP contribution in [0.15, 0.2) is 0 Å². The third-order valence-corrected chi connectivity index (χ3v) is 2.59. The summed E-state index contributed by atoms with van der Waals surface area (Å²) >= 11 is 0. The minimum Gasteiger partial charge on any atom is -0.444 e. The zero-order chi connectivity index (χ0) is 14.9. The Morgan fingerprint density at radius 1 is 1.26 bits per heavy atom. The molecule has 0 heterocycles. The summed E-state index contributed by atoms with van der Waals surface area (Å²) < 4.78 is 10.3. The van der Waals surface area contributed by atoms with Crippen molar-refractivity contribution in [3.05, 3.63) is 0 Å². The molecule has 5 heteroatoms. The standard InChI is InChI=1S/C14H30N2O3/c1-7-12(15-8-11(2)10-18-6)9-16-13(17)19-14(3,4)5/h11-12,15H,7-10H2,1-6H3,(H,16,17). The van der Waals surface area contributed by atoms with Gasteiger partial charge < -0.3 is 20.1 Å². The highest BCUT2D eigenvalue weighted by Gasteiger charge is 2.17. The number of hydrogen-bond acceptors (Lipinski definition) is 4. The molecule has 0 aliphatic heterocycles. The molecule has 0 aliphatic carbocycles. The van der Waals surface area contributed by atoms with Gasteiger partial charge in [-0.1, -0.05) is 13.8 Å². The number of methoxy groups -OCH3 is 1. The quantitative estimate of drug-likeness (QED) is 0.712. The van der Waals surface area contributed by atoms with Crippen LogP contribution in [0.2, 0.25) is 0 Å². The first-order valence-electron chi connectivity index (χ1n) is 6.97. The van der Waals surface area contributed by atoms with Gasteiger partial charge in [0.05, 0.1) is 0 Å². The van der Waals surface area contributed by atoms with Crippen molar-refractivity contribution in [1.29, 1.82) is 0 Å². The summed E-state index contributed by atoms with van der Waals surface area (Å²) in [7, 11) is 1.71. The van der Waals surface area contributed by atoms with Crippen LogP contribution in [0, 0.1) is 5.92 Å². The van der Waals surface area contributed by atoms with Crippen molar-refractivity contribution in [2.24, 2.45) is 5.92 Å². The van der Waals surface area contributed by atoms with E-state index in [2.05, 4.69) is 24.5 Å². The van der Waals surface area contributed by atoms with Crippen LogP contribution in [0.25, 0.3) is 0 Å². The van der Waals surface area contributed by atoms with Crippen molar-refractivity contribution in [3.63, 3.8) is 0 Å². The number of carbonyl (C=O) groups is 1. The average molecular weight is 274 g/mol. The molecular formula is C14H30N2O3. The van der Waals surface area contributed by atoms with Gasteiger partial charge in [-0.15, -0.1) is 0 Å². The molecule has 0 aromatic rings. The van der Waals surface area contributed by atoms with Crippen LogP contribution >= 0.6 is 0 Å². The SMILES string of the molecule is CCC(CNC(=O)OC(C)(C)C)NCC(C)COC. The molecule has 1 amide bonds. The molecule has 2 N–H and O–H groups in total. The lowest BCUT2D eigenvalue weighted by Gasteiger charge is -2.23. The van der Waals surface area contributed by atoms with E-state index in [4.69, 9.17) is 9.47 Å². The Kier molecular flexibility index (Phi) is 8.76. The van der Waals surface area contributed by atoms with Gasteiger partial charge in [-0.25, -0.2) is 4.79 Å². The third kappa shape index (κ3) is 10.8. The molecule has 5 nitrogen and oxygen atoms in total. The van der Waals surface area contributed by atoms with E-state index < -0.39 is 5.60 Å². The van der Waals surface area contributed by atoms with E-state index >= 15 is 0 Å². The number of hydrogen-bond donors (Lipinski definition) is 2. The minimum atomic E-state index is -0.452. The molecule has 0 aromatic carbocycles. The summed E-state index contributed by atoms with van der Waals surface area (Å²) in [6.07, 6.45) is 0.591. The highest BCUT2D eigenvalue weighted by atomic mass is 16.6. The Balaban J connectivity index is 3.90. The molecule has 0 saturated carbocycles. The molecular weight excluding hydrogens is 244 g/mol. The smallest absolute Gasteiger partial charge is 0.407 e. The first kappa shape index (κ1) is 18.2. The van der Waals surface area contributed by atoms with Gasteiger partial charge in [-0.05, 0) is 33.1 Å². The van der Waals surface area contributed by atoms with Gasteiger partial charge in [0.25, 0.3) is 0 Å². The van der Waals surface area contributed by atoms with Gasteiger partial charge in [-0.2, -0.15) is 0 Å². The largest absolute Gasteiger partial charge is 0.444 e. The molecule has 2 atom stereocenters. The van der Waals surface area contributed by atoms with Gasteiger partial charge >= 0.3 is 6.09 Å². The molecule has 0 spiro atoms. The van der Waals surface area contributed by atoms with Crippen molar-refractivity contribution in [2.45, 2.75) is 52.7 Å². The molecule has 0 aliphatic rings. The van der Waals surface area contributed by atoms with Crippen LogP contribution in [-0.4, -0.2) is 44.5 Å². The first-order valence-corrected chi connectivity index (χ1v) is 6.97. The summed E-state index contributed by atoms with van der Waals surface area (Å²) in [5.74, 6) is 0.459. The number of rotatable bonds is 8. The van der Waals surface area contributed by atoms with Gasteiger partial charge in [0.2, 0.25) is 0 Å². The Morgan fingerprint density at radius 3 is 2.37 bits per heavy atom. The van der Waals surface area contributed by atoms with Crippen molar-refractivity contribution >= 4 is 6.09 Å². The van der Waals surface area contributed by atoms with Gasteiger partial charge in [0.15, 0.2) is 0 Å². The van der Waals surface area contributed by atoms with E-state index in [0.29, 0.717) is 12.5 Å². The fourth-order valence-corrected chi connectivity index (χ4v) is 1.59. The molecule has 2 unspecified atom stereocenters. The molecule has 0 radical (unpaired) electrons. The monoisotopic (exact) mass is 274 g/mol. The zero-order valence-electron chi connectivity index (χ0n) is 13.2. The molecule has 0 fully saturated rings. The highest BCUT2D eigenvalue weighted by molar-refractivity contribution is 5.67. The van der Waals surface area contributed by atoms with Crippen LogP contribution in [0.3, 0.4) is 0 Å². The van der Waals surface area contributed by atoms with E-state index in [-0.39, 0.29) is 12.1 Å². The number of carbonyl (C=O) groups excluding carboxylic acids is 1. The third-order valence-electron chi connectivity index (χ3n) is 2.59. The number of ether oxygens (including phenoxy) is 2. The van der Waals surface area contributed by atoms with E-state index in [1.807, 2.05) is 20.8 Å². The second-order valence-electron chi connectivity index (χ2n) is 5.96. The molecule has 114 valence electrons. The van der Waals surface area contributed by atoms with Crippen molar-refractivity contribution in [2.75, 3.05) is 26.8 Å². The molecule has 0 saturated heterocycles. The van der Waals surface area contributed by atoms with Crippen LogP contribution in [0.1, 0.15) is 41.0 Å². The maximum Gasteiger partial charge on any atom is 0.407 e. The van der Waals surface area contributed by atoms with Gasteiger partial charge in [-0.3, -0.25) is 0 Å². The Bertz CT molecular complexity index is 252. The minimum absolute atomic E-state index is 0.256. The lowest BCUT2D eigenvalue weighted by atomic mass is 10.1. The van der Waals surface area contributed by atoms with E-state index in [9.17, 15) is 4.79 Å². The van der Waals surface area contributed by atoms with Crippen LogP contribution < -0.4 is 10.6 Å². The van der Waals surface area contributed by atoms with Crippen molar-refractivity contribution in [3.8, 4) is 0 Å². The van der Waals surface area contributed by atoms with Gasteiger partial charge in [0.1, 0.15) is 5.60 Å². The molecule has 0 rings (SSSR count). The Hall–Kier alpha value is -0.810. The highest BCUT2D eigenvalue weighted by Crippen LogP contribution is 2.06.